The van der Waals surface area contributed by atoms with Crippen LogP contribution >= 0.6 is 11.3 Å². The topological polar surface area (TPSA) is 45.2 Å². The molecular weight excluding hydrogens is 361 g/mol. The first-order valence-electron chi connectivity index (χ1n) is 9.07. The maximum atomic E-state index is 13.8. The molecule has 1 fully saturated rings. The molecule has 4 rings (SSSR count). The molecular formula is C21H20FN3OS. The molecule has 27 heavy (non-hydrogen) atoms. The van der Waals surface area contributed by atoms with Gasteiger partial charge in [0.1, 0.15) is 5.82 Å². The molecule has 1 aliphatic heterocycles. The normalized spacial score (nSPS) is 14.2. The van der Waals surface area contributed by atoms with Crippen LogP contribution in [0, 0.1) is 5.82 Å². The van der Waals surface area contributed by atoms with Gasteiger partial charge >= 0.3 is 0 Å². The van der Waals surface area contributed by atoms with Crippen molar-refractivity contribution in [2.75, 3.05) is 23.3 Å². The monoisotopic (exact) mass is 381 g/mol. The van der Waals surface area contributed by atoms with Gasteiger partial charge in [-0.05, 0) is 43.5 Å². The van der Waals surface area contributed by atoms with Crippen molar-refractivity contribution in [2.45, 2.75) is 19.3 Å². The summed E-state index contributed by atoms with van der Waals surface area (Å²) in [6.45, 7) is 2.12. The van der Waals surface area contributed by atoms with Crippen LogP contribution in [0.2, 0.25) is 0 Å². The van der Waals surface area contributed by atoms with Gasteiger partial charge < -0.3 is 10.2 Å². The number of carbonyl (C=O) groups excluding carboxylic acids is 1. The summed E-state index contributed by atoms with van der Waals surface area (Å²) in [6.07, 6.45) is 3.72. The van der Waals surface area contributed by atoms with Gasteiger partial charge in [0, 0.05) is 29.7 Å². The molecule has 0 aliphatic carbocycles. The summed E-state index contributed by atoms with van der Waals surface area (Å²) in [4.78, 5) is 19.4. The maximum absolute atomic E-state index is 13.8. The molecule has 4 nitrogen and oxygen atoms in total. The first-order chi connectivity index (χ1) is 13.2. The zero-order chi connectivity index (χ0) is 18.6. The van der Waals surface area contributed by atoms with E-state index in [4.69, 9.17) is 4.98 Å². The Balaban J connectivity index is 1.52. The molecule has 2 heterocycles. The zero-order valence-electron chi connectivity index (χ0n) is 14.8. The van der Waals surface area contributed by atoms with Gasteiger partial charge in [0.05, 0.1) is 11.3 Å². The summed E-state index contributed by atoms with van der Waals surface area (Å²) in [5.74, 6) is -0.991. The van der Waals surface area contributed by atoms with E-state index in [0.717, 1.165) is 29.5 Å². The zero-order valence-corrected chi connectivity index (χ0v) is 15.6. The van der Waals surface area contributed by atoms with E-state index >= 15 is 0 Å². The first-order valence-corrected chi connectivity index (χ1v) is 9.95. The number of nitrogens with one attached hydrogen (secondary N) is 1. The minimum atomic E-state index is -0.531. The Labute approximate surface area is 161 Å². The molecule has 6 heteroatoms. The van der Waals surface area contributed by atoms with Crippen molar-refractivity contribution in [2.24, 2.45) is 0 Å². The van der Waals surface area contributed by atoms with Crippen LogP contribution in [-0.2, 0) is 0 Å². The average Bonchev–Trinajstić information content (AvgIpc) is 3.19. The van der Waals surface area contributed by atoms with E-state index in [0.29, 0.717) is 5.69 Å². The Bertz CT molecular complexity index is 950. The molecule has 1 aromatic heterocycles. The molecule has 3 aromatic rings. The number of hydrogen-bond acceptors (Lipinski definition) is 4. The number of benzene rings is 2. The number of halogens is 1. The van der Waals surface area contributed by atoms with Crippen molar-refractivity contribution in [1.29, 1.82) is 0 Å². The third kappa shape index (κ3) is 4.01. The van der Waals surface area contributed by atoms with E-state index in [1.807, 2.05) is 23.6 Å². The number of thiazole rings is 1. The lowest BCUT2D eigenvalue weighted by Gasteiger charge is -2.25. The Morgan fingerprint density at radius 2 is 1.89 bits per heavy atom. The minimum Gasteiger partial charge on any atom is -0.348 e. The Morgan fingerprint density at radius 3 is 2.70 bits per heavy atom. The van der Waals surface area contributed by atoms with Gasteiger partial charge in [-0.2, -0.15) is 0 Å². The first kappa shape index (κ1) is 17.7. The number of carbonyl (C=O) groups is 1. The average molecular weight is 381 g/mol. The van der Waals surface area contributed by atoms with Gasteiger partial charge in [-0.15, -0.1) is 11.3 Å². The van der Waals surface area contributed by atoms with Gasteiger partial charge in [-0.25, -0.2) is 9.37 Å². The molecule has 2 aromatic carbocycles. The predicted molar refractivity (Wildman–Crippen MR) is 108 cm³/mol. The van der Waals surface area contributed by atoms with Crippen LogP contribution in [0.5, 0.6) is 0 Å². The van der Waals surface area contributed by atoms with Crippen LogP contribution in [0.3, 0.4) is 0 Å². The summed E-state index contributed by atoms with van der Waals surface area (Å²) in [5, 5.41) is 5.86. The van der Waals surface area contributed by atoms with Crippen molar-refractivity contribution in [3.8, 4) is 11.3 Å². The fraction of sp³-hybridized carbons (Fsp3) is 0.238. The lowest BCUT2D eigenvalue weighted by atomic mass is 10.1. The Hall–Kier alpha value is -2.73. The van der Waals surface area contributed by atoms with Gasteiger partial charge in [0.15, 0.2) is 5.13 Å². The third-order valence-electron chi connectivity index (χ3n) is 4.65. The number of aromatic nitrogens is 1. The van der Waals surface area contributed by atoms with Crippen LogP contribution in [0.25, 0.3) is 11.3 Å². The molecule has 0 atom stereocenters. The van der Waals surface area contributed by atoms with Crippen LogP contribution < -0.4 is 10.2 Å². The van der Waals surface area contributed by atoms with E-state index in [1.165, 1.54) is 31.4 Å². The van der Waals surface area contributed by atoms with Gasteiger partial charge in [-0.1, -0.05) is 24.3 Å². The second-order valence-corrected chi connectivity index (χ2v) is 7.41. The molecule has 0 spiro atoms. The second-order valence-electron chi connectivity index (χ2n) is 6.58. The van der Waals surface area contributed by atoms with Crippen LogP contribution in [-0.4, -0.2) is 24.0 Å². The molecule has 0 radical (unpaired) electrons. The lowest BCUT2D eigenvalue weighted by molar-refractivity contribution is 0.102. The summed E-state index contributed by atoms with van der Waals surface area (Å²) >= 11 is 1.65. The fourth-order valence-electron chi connectivity index (χ4n) is 3.23. The van der Waals surface area contributed by atoms with Crippen LogP contribution in [0.1, 0.15) is 29.6 Å². The molecule has 138 valence electrons. The summed E-state index contributed by atoms with van der Waals surface area (Å²) in [7, 11) is 0. The molecule has 1 amide bonds. The molecule has 1 N–H and O–H groups in total. The number of rotatable bonds is 4. The highest BCUT2D eigenvalue weighted by Crippen LogP contribution is 2.30. The highest BCUT2D eigenvalue weighted by atomic mass is 32.1. The van der Waals surface area contributed by atoms with Crippen LogP contribution in [0.4, 0.5) is 15.2 Å². The Kier molecular flexibility index (Phi) is 5.16. The van der Waals surface area contributed by atoms with E-state index in [2.05, 4.69) is 10.2 Å². The number of anilines is 2. The molecule has 0 unspecified atom stereocenters. The lowest BCUT2D eigenvalue weighted by Crippen LogP contribution is -2.29. The Morgan fingerprint density at radius 1 is 1.07 bits per heavy atom. The SMILES string of the molecule is O=C(Nc1cccc(-c2csc(N3CCCCC3)n2)c1)c1ccccc1F. The summed E-state index contributed by atoms with van der Waals surface area (Å²) in [6, 6.07) is 13.5. The fourth-order valence-corrected chi connectivity index (χ4v) is 4.12. The number of hydrogen-bond donors (Lipinski definition) is 1. The summed E-state index contributed by atoms with van der Waals surface area (Å²) < 4.78 is 13.8. The van der Waals surface area contributed by atoms with E-state index in [1.54, 1.807) is 29.5 Å². The smallest absolute Gasteiger partial charge is 0.258 e. The van der Waals surface area contributed by atoms with Gasteiger partial charge in [0.25, 0.3) is 5.91 Å². The maximum Gasteiger partial charge on any atom is 0.258 e. The highest BCUT2D eigenvalue weighted by molar-refractivity contribution is 7.14. The van der Waals surface area contributed by atoms with Crippen molar-refractivity contribution in [1.82, 2.24) is 4.98 Å². The molecule has 0 saturated carbocycles. The third-order valence-corrected chi connectivity index (χ3v) is 5.55. The van der Waals surface area contributed by atoms with Gasteiger partial charge in [0.2, 0.25) is 0 Å². The van der Waals surface area contributed by atoms with Crippen molar-refractivity contribution in [3.63, 3.8) is 0 Å². The molecule has 1 saturated heterocycles. The largest absolute Gasteiger partial charge is 0.348 e. The highest BCUT2D eigenvalue weighted by Gasteiger charge is 2.15. The standard InChI is InChI=1S/C21H20FN3OS/c22-18-10-3-2-9-17(18)20(26)23-16-8-6-7-15(13-16)19-14-27-21(24-19)25-11-4-1-5-12-25/h2-3,6-10,13-14H,1,4-5,11-12H2,(H,23,26). The quantitative estimate of drug-likeness (QED) is 0.676. The number of nitrogens with zero attached hydrogens (tertiary/aromatic N) is 2. The van der Waals surface area contributed by atoms with E-state index in [-0.39, 0.29) is 5.56 Å². The summed E-state index contributed by atoms with van der Waals surface area (Å²) in [5.41, 5.74) is 2.47. The predicted octanol–water partition coefficient (Wildman–Crippen LogP) is 5.19. The number of amides is 1. The molecule has 0 bridgehead atoms. The molecule has 1 aliphatic rings. The van der Waals surface area contributed by atoms with E-state index < -0.39 is 11.7 Å². The van der Waals surface area contributed by atoms with Crippen LogP contribution in [0.15, 0.2) is 53.9 Å². The van der Waals surface area contributed by atoms with Gasteiger partial charge in [-0.3, -0.25) is 4.79 Å². The minimum absolute atomic E-state index is 0.0314. The van der Waals surface area contributed by atoms with Crippen molar-refractivity contribution in [3.05, 3.63) is 65.3 Å². The van der Waals surface area contributed by atoms with Crippen molar-refractivity contribution < 1.29 is 9.18 Å². The second kappa shape index (κ2) is 7.88. The van der Waals surface area contributed by atoms with Crippen molar-refractivity contribution >= 4 is 28.1 Å². The number of piperidine rings is 1. The van der Waals surface area contributed by atoms with E-state index in [9.17, 15) is 9.18 Å².